The van der Waals surface area contributed by atoms with Crippen molar-refractivity contribution in [2.45, 2.75) is 19.3 Å². The number of hydrogen-bond donors (Lipinski definition) is 1. The molecular weight excluding hydrogens is 228 g/mol. The Hall–Kier alpha value is -1.29. The molecule has 1 aromatic heterocycles. The number of hydrogen-bond acceptors (Lipinski definition) is 2. The lowest BCUT2D eigenvalue weighted by Gasteiger charge is -2.26. The van der Waals surface area contributed by atoms with Gasteiger partial charge in [0.05, 0.1) is 5.02 Å². The molecule has 0 aliphatic carbocycles. The Morgan fingerprint density at radius 1 is 1.31 bits per heavy atom. The van der Waals surface area contributed by atoms with Gasteiger partial charge in [-0.25, -0.2) is 0 Å². The van der Waals surface area contributed by atoms with E-state index < -0.39 is 0 Å². The fraction of sp³-hybridized carbons (Fsp3) is 0.455. The molecule has 0 unspecified atom stereocenters. The molecule has 86 valence electrons. The molecule has 0 saturated carbocycles. The molecule has 1 aliphatic rings. The van der Waals surface area contributed by atoms with Crippen LogP contribution in [0.5, 0.6) is 0 Å². The van der Waals surface area contributed by atoms with Crippen molar-refractivity contribution < 1.29 is 4.79 Å². The summed E-state index contributed by atoms with van der Waals surface area (Å²) in [6.07, 6.45) is 4.54. The quantitative estimate of drug-likeness (QED) is 0.812. The van der Waals surface area contributed by atoms with Crippen molar-refractivity contribution in [2.75, 3.05) is 13.1 Å². The van der Waals surface area contributed by atoms with E-state index in [-0.39, 0.29) is 17.0 Å². The molecule has 1 aliphatic heterocycles. The zero-order valence-corrected chi connectivity index (χ0v) is 9.59. The molecule has 1 amide bonds. The van der Waals surface area contributed by atoms with Crippen LogP contribution in [0, 0.1) is 0 Å². The second-order valence-corrected chi connectivity index (χ2v) is 4.35. The SMILES string of the molecule is O=C(c1cc(Cl)c[nH]c1=O)N1CCCCC1. The van der Waals surface area contributed by atoms with Gasteiger partial charge in [0.2, 0.25) is 0 Å². The van der Waals surface area contributed by atoms with Crippen LogP contribution in [-0.2, 0) is 0 Å². The Labute approximate surface area is 98.2 Å². The van der Waals surface area contributed by atoms with E-state index >= 15 is 0 Å². The smallest absolute Gasteiger partial charge is 0.260 e. The molecule has 0 radical (unpaired) electrons. The summed E-state index contributed by atoms with van der Waals surface area (Å²) in [6.45, 7) is 1.45. The number of carbonyl (C=O) groups is 1. The van der Waals surface area contributed by atoms with Gasteiger partial charge in [0.1, 0.15) is 5.56 Å². The topological polar surface area (TPSA) is 53.2 Å². The van der Waals surface area contributed by atoms with Crippen molar-refractivity contribution >= 4 is 17.5 Å². The fourth-order valence-electron chi connectivity index (χ4n) is 1.88. The van der Waals surface area contributed by atoms with E-state index in [2.05, 4.69) is 4.98 Å². The fourth-order valence-corrected chi connectivity index (χ4v) is 2.05. The van der Waals surface area contributed by atoms with Crippen LogP contribution >= 0.6 is 11.6 Å². The number of halogens is 1. The highest BCUT2D eigenvalue weighted by atomic mass is 35.5. The molecule has 16 heavy (non-hydrogen) atoms. The number of amides is 1. The molecule has 0 aromatic carbocycles. The maximum absolute atomic E-state index is 12.0. The van der Waals surface area contributed by atoms with Crippen LogP contribution in [0.3, 0.4) is 0 Å². The number of nitrogens with zero attached hydrogens (tertiary/aromatic N) is 1. The van der Waals surface area contributed by atoms with E-state index in [1.165, 1.54) is 12.3 Å². The van der Waals surface area contributed by atoms with Crippen LogP contribution < -0.4 is 5.56 Å². The van der Waals surface area contributed by atoms with E-state index in [1.807, 2.05) is 0 Å². The molecule has 1 aromatic rings. The van der Waals surface area contributed by atoms with E-state index in [4.69, 9.17) is 11.6 Å². The summed E-state index contributed by atoms with van der Waals surface area (Å²) in [7, 11) is 0. The van der Waals surface area contributed by atoms with Crippen molar-refractivity contribution in [1.29, 1.82) is 0 Å². The lowest BCUT2D eigenvalue weighted by atomic mass is 10.1. The lowest BCUT2D eigenvalue weighted by molar-refractivity contribution is 0.0722. The second-order valence-electron chi connectivity index (χ2n) is 3.91. The Morgan fingerprint density at radius 2 is 2.00 bits per heavy atom. The summed E-state index contributed by atoms with van der Waals surface area (Å²) in [6, 6.07) is 1.43. The first-order valence-corrected chi connectivity index (χ1v) is 5.74. The summed E-state index contributed by atoms with van der Waals surface area (Å²) in [5.41, 5.74) is -0.241. The number of likely N-dealkylation sites (tertiary alicyclic amines) is 1. The highest BCUT2D eigenvalue weighted by Gasteiger charge is 2.20. The minimum absolute atomic E-state index is 0.134. The van der Waals surface area contributed by atoms with Gasteiger partial charge in [-0.2, -0.15) is 0 Å². The van der Waals surface area contributed by atoms with Crippen molar-refractivity contribution in [3.05, 3.63) is 33.2 Å². The molecular formula is C11H13ClN2O2. The van der Waals surface area contributed by atoms with Crippen molar-refractivity contribution in [2.24, 2.45) is 0 Å². The molecule has 1 fully saturated rings. The van der Waals surface area contributed by atoms with E-state index in [0.717, 1.165) is 32.4 Å². The van der Waals surface area contributed by atoms with Gasteiger partial charge in [-0.1, -0.05) is 11.6 Å². The first-order chi connectivity index (χ1) is 7.68. The number of carbonyl (C=O) groups excluding carboxylic acids is 1. The Kier molecular flexibility index (Phi) is 3.29. The number of aromatic amines is 1. The first kappa shape index (κ1) is 11.2. The third-order valence-electron chi connectivity index (χ3n) is 2.74. The maximum atomic E-state index is 12.0. The number of rotatable bonds is 1. The standard InChI is InChI=1S/C11H13ClN2O2/c12-8-6-9(10(15)13-7-8)11(16)14-4-2-1-3-5-14/h6-7H,1-5H2,(H,13,15). The maximum Gasteiger partial charge on any atom is 0.260 e. The Morgan fingerprint density at radius 3 is 2.69 bits per heavy atom. The number of pyridine rings is 1. The summed E-state index contributed by atoms with van der Waals surface area (Å²) >= 11 is 5.76. The molecule has 2 heterocycles. The molecule has 0 bridgehead atoms. The van der Waals surface area contributed by atoms with Gasteiger partial charge < -0.3 is 9.88 Å². The zero-order valence-electron chi connectivity index (χ0n) is 8.83. The molecule has 0 spiro atoms. The van der Waals surface area contributed by atoms with E-state index in [9.17, 15) is 9.59 Å². The number of nitrogens with one attached hydrogen (secondary N) is 1. The average molecular weight is 241 g/mol. The van der Waals surface area contributed by atoms with Gasteiger partial charge >= 0.3 is 0 Å². The molecule has 1 N–H and O–H groups in total. The van der Waals surface area contributed by atoms with Crippen molar-refractivity contribution in [3.8, 4) is 0 Å². The number of aromatic nitrogens is 1. The molecule has 2 rings (SSSR count). The van der Waals surface area contributed by atoms with Crippen LogP contribution in [0.15, 0.2) is 17.1 Å². The molecule has 1 saturated heterocycles. The van der Waals surface area contributed by atoms with Crippen molar-refractivity contribution in [1.82, 2.24) is 9.88 Å². The zero-order chi connectivity index (χ0) is 11.5. The van der Waals surface area contributed by atoms with Gasteiger partial charge in [0.25, 0.3) is 11.5 Å². The normalized spacial score (nSPS) is 16.2. The Balaban J connectivity index is 2.25. The minimum Gasteiger partial charge on any atom is -0.338 e. The highest BCUT2D eigenvalue weighted by molar-refractivity contribution is 6.30. The van der Waals surface area contributed by atoms with Gasteiger partial charge in [-0.05, 0) is 25.3 Å². The summed E-state index contributed by atoms with van der Waals surface area (Å²) in [5.74, 6) is -0.219. The van der Waals surface area contributed by atoms with Crippen LogP contribution in [0.4, 0.5) is 0 Å². The molecule has 5 heteroatoms. The summed E-state index contributed by atoms with van der Waals surface area (Å²) in [5, 5.41) is 0.375. The van der Waals surface area contributed by atoms with Gasteiger partial charge in [0.15, 0.2) is 0 Å². The third kappa shape index (κ3) is 2.27. The minimum atomic E-state index is -0.375. The first-order valence-electron chi connectivity index (χ1n) is 5.36. The summed E-state index contributed by atoms with van der Waals surface area (Å²) in [4.78, 5) is 27.7. The van der Waals surface area contributed by atoms with Gasteiger partial charge in [-0.3, -0.25) is 9.59 Å². The monoisotopic (exact) mass is 240 g/mol. The van der Waals surface area contributed by atoms with Crippen LogP contribution in [-0.4, -0.2) is 28.9 Å². The third-order valence-corrected chi connectivity index (χ3v) is 2.96. The number of piperidine rings is 1. The second kappa shape index (κ2) is 4.70. The summed E-state index contributed by atoms with van der Waals surface area (Å²) < 4.78 is 0. The largest absolute Gasteiger partial charge is 0.338 e. The van der Waals surface area contributed by atoms with Crippen molar-refractivity contribution in [3.63, 3.8) is 0 Å². The van der Waals surface area contributed by atoms with Gasteiger partial charge in [0, 0.05) is 19.3 Å². The predicted octanol–water partition coefficient (Wildman–Crippen LogP) is 1.65. The van der Waals surface area contributed by atoms with Crippen LogP contribution in [0.25, 0.3) is 0 Å². The highest BCUT2D eigenvalue weighted by Crippen LogP contribution is 2.13. The van der Waals surface area contributed by atoms with Crippen LogP contribution in [0.2, 0.25) is 5.02 Å². The predicted molar refractivity (Wildman–Crippen MR) is 61.8 cm³/mol. The van der Waals surface area contributed by atoms with Crippen LogP contribution in [0.1, 0.15) is 29.6 Å². The van der Waals surface area contributed by atoms with E-state index in [1.54, 1.807) is 4.90 Å². The van der Waals surface area contributed by atoms with Gasteiger partial charge in [-0.15, -0.1) is 0 Å². The average Bonchev–Trinajstić information content (AvgIpc) is 2.32. The van der Waals surface area contributed by atoms with E-state index in [0.29, 0.717) is 5.02 Å². The Bertz CT molecular complexity index is 450. The lowest BCUT2D eigenvalue weighted by Crippen LogP contribution is -2.38. The molecule has 4 nitrogen and oxygen atoms in total. The number of H-pyrrole nitrogens is 1. The molecule has 0 atom stereocenters.